The van der Waals surface area contributed by atoms with Crippen molar-refractivity contribution in [3.05, 3.63) is 29.0 Å². The maximum atomic E-state index is 13.3. The molecule has 1 N–H and O–H groups in total. The smallest absolute Gasteiger partial charge is 0.228 e. The first-order valence-corrected chi connectivity index (χ1v) is 7.29. The number of nitrogens with one attached hydrogen (secondary N) is 1. The average Bonchev–Trinajstić information content (AvgIpc) is 2.83. The zero-order valence-corrected chi connectivity index (χ0v) is 11.2. The highest BCUT2D eigenvalue weighted by molar-refractivity contribution is 6.30. The van der Waals surface area contributed by atoms with E-state index in [1.54, 1.807) is 6.07 Å². The van der Waals surface area contributed by atoms with Gasteiger partial charge in [0.15, 0.2) is 0 Å². The number of fused-ring (bicyclic) bond motifs is 5. The van der Waals surface area contributed by atoms with Crippen molar-refractivity contribution in [1.82, 2.24) is 0 Å². The SMILES string of the molecule is O=C(Nc1ccc(Cl)c(F)c1)C1[C@@H]2[C@@H]3CC[C@H](C3)[C@H]12. The average molecular weight is 280 g/mol. The van der Waals surface area contributed by atoms with Gasteiger partial charge in [-0.1, -0.05) is 11.6 Å². The molecule has 3 fully saturated rings. The van der Waals surface area contributed by atoms with Crippen LogP contribution in [0.4, 0.5) is 10.1 Å². The summed E-state index contributed by atoms with van der Waals surface area (Å²) in [6, 6.07) is 4.41. The highest BCUT2D eigenvalue weighted by Crippen LogP contribution is 2.69. The van der Waals surface area contributed by atoms with Crippen LogP contribution in [0.2, 0.25) is 5.02 Å². The summed E-state index contributed by atoms with van der Waals surface area (Å²) in [5, 5.41) is 2.91. The van der Waals surface area contributed by atoms with Crippen LogP contribution < -0.4 is 5.32 Å². The second-order valence-electron chi connectivity index (χ2n) is 6.13. The molecule has 1 aromatic carbocycles. The molecule has 2 bridgehead atoms. The third-order valence-corrected chi connectivity index (χ3v) is 5.53. The molecule has 19 heavy (non-hydrogen) atoms. The lowest BCUT2D eigenvalue weighted by atomic mass is 10.0. The van der Waals surface area contributed by atoms with Gasteiger partial charge in [0, 0.05) is 11.6 Å². The molecule has 3 saturated carbocycles. The van der Waals surface area contributed by atoms with E-state index in [-0.39, 0.29) is 16.8 Å². The summed E-state index contributed by atoms with van der Waals surface area (Å²) >= 11 is 5.63. The number of halogens is 2. The number of amides is 1. The van der Waals surface area contributed by atoms with Crippen molar-refractivity contribution >= 4 is 23.2 Å². The van der Waals surface area contributed by atoms with E-state index in [4.69, 9.17) is 11.6 Å². The van der Waals surface area contributed by atoms with Crippen LogP contribution in [0, 0.1) is 35.4 Å². The minimum atomic E-state index is -0.490. The molecule has 0 aliphatic heterocycles. The lowest BCUT2D eigenvalue weighted by molar-refractivity contribution is -0.118. The Kier molecular flexibility index (Phi) is 2.44. The van der Waals surface area contributed by atoms with Crippen LogP contribution in [0.15, 0.2) is 18.2 Å². The molecule has 3 aliphatic rings. The summed E-state index contributed by atoms with van der Waals surface area (Å²) in [4.78, 5) is 12.2. The second kappa shape index (κ2) is 3.95. The summed E-state index contributed by atoms with van der Waals surface area (Å²) < 4.78 is 13.3. The zero-order chi connectivity index (χ0) is 13.1. The predicted molar refractivity (Wildman–Crippen MR) is 71.3 cm³/mol. The third-order valence-electron chi connectivity index (χ3n) is 5.23. The highest BCUT2D eigenvalue weighted by atomic mass is 35.5. The fourth-order valence-corrected chi connectivity index (χ4v) is 4.59. The van der Waals surface area contributed by atoms with Crippen LogP contribution in [0.5, 0.6) is 0 Å². The van der Waals surface area contributed by atoms with Gasteiger partial charge in [0.1, 0.15) is 5.82 Å². The van der Waals surface area contributed by atoms with Gasteiger partial charge in [-0.3, -0.25) is 4.79 Å². The molecule has 4 rings (SSSR count). The van der Waals surface area contributed by atoms with Crippen LogP contribution in [-0.2, 0) is 4.79 Å². The van der Waals surface area contributed by atoms with Crippen molar-refractivity contribution in [2.75, 3.05) is 5.32 Å². The van der Waals surface area contributed by atoms with Gasteiger partial charge in [-0.25, -0.2) is 4.39 Å². The summed E-state index contributed by atoms with van der Waals surface area (Å²) in [5.74, 6) is 2.50. The minimum Gasteiger partial charge on any atom is -0.326 e. The Morgan fingerprint density at radius 1 is 1.26 bits per heavy atom. The molecule has 0 radical (unpaired) electrons. The van der Waals surface area contributed by atoms with Crippen molar-refractivity contribution < 1.29 is 9.18 Å². The van der Waals surface area contributed by atoms with Crippen molar-refractivity contribution in [3.8, 4) is 0 Å². The van der Waals surface area contributed by atoms with E-state index in [0.29, 0.717) is 17.5 Å². The first kappa shape index (κ1) is 11.7. The topological polar surface area (TPSA) is 29.1 Å². The lowest BCUT2D eigenvalue weighted by Gasteiger charge is -2.10. The van der Waals surface area contributed by atoms with Gasteiger partial charge in [0.25, 0.3) is 0 Å². The van der Waals surface area contributed by atoms with Gasteiger partial charge in [-0.15, -0.1) is 0 Å². The van der Waals surface area contributed by atoms with E-state index >= 15 is 0 Å². The first-order valence-electron chi connectivity index (χ1n) is 6.91. The van der Waals surface area contributed by atoms with Gasteiger partial charge < -0.3 is 5.32 Å². The Bertz CT molecular complexity index is 545. The minimum absolute atomic E-state index is 0.0633. The van der Waals surface area contributed by atoms with Crippen LogP contribution in [0.3, 0.4) is 0 Å². The van der Waals surface area contributed by atoms with Crippen molar-refractivity contribution in [2.24, 2.45) is 29.6 Å². The summed E-state index contributed by atoms with van der Waals surface area (Å²) in [7, 11) is 0. The normalized spacial score (nSPS) is 38.1. The Morgan fingerprint density at radius 3 is 2.58 bits per heavy atom. The van der Waals surface area contributed by atoms with E-state index in [0.717, 1.165) is 11.8 Å². The van der Waals surface area contributed by atoms with Crippen molar-refractivity contribution in [3.63, 3.8) is 0 Å². The van der Waals surface area contributed by atoms with Crippen LogP contribution in [-0.4, -0.2) is 5.91 Å². The van der Waals surface area contributed by atoms with Gasteiger partial charge >= 0.3 is 0 Å². The number of anilines is 1. The summed E-state index contributed by atoms with van der Waals surface area (Å²) in [6.45, 7) is 0. The van der Waals surface area contributed by atoms with E-state index in [1.807, 2.05) is 0 Å². The van der Waals surface area contributed by atoms with E-state index in [2.05, 4.69) is 5.32 Å². The van der Waals surface area contributed by atoms with E-state index < -0.39 is 5.82 Å². The molecular weight excluding hydrogens is 265 g/mol. The molecule has 0 spiro atoms. The molecule has 4 heteroatoms. The quantitative estimate of drug-likeness (QED) is 0.878. The van der Waals surface area contributed by atoms with E-state index in [1.165, 1.54) is 31.4 Å². The maximum absolute atomic E-state index is 13.3. The Hall–Kier alpha value is -1.09. The van der Waals surface area contributed by atoms with Crippen LogP contribution >= 0.6 is 11.6 Å². The fraction of sp³-hybridized carbons (Fsp3) is 0.533. The second-order valence-corrected chi connectivity index (χ2v) is 6.54. The highest BCUT2D eigenvalue weighted by Gasteiger charge is 2.67. The van der Waals surface area contributed by atoms with Crippen LogP contribution in [0.25, 0.3) is 0 Å². The van der Waals surface area contributed by atoms with E-state index in [9.17, 15) is 9.18 Å². The molecular formula is C15H15ClFNO. The monoisotopic (exact) mass is 279 g/mol. The number of hydrogen-bond donors (Lipinski definition) is 1. The number of carbonyl (C=O) groups is 1. The lowest BCUT2D eigenvalue weighted by Crippen LogP contribution is -2.18. The number of hydrogen-bond acceptors (Lipinski definition) is 1. The standard InChI is InChI=1S/C15H15ClFNO/c16-10-4-3-9(6-11(10)17)18-15(19)14-12-7-1-2-8(5-7)13(12)14/h3-4,6-8,12-14H,1-2,5H2,(H,18,19)/t7-,8-,12-,13+,14?/m1/s1. The maximum Gasteiger partial charge on any atom is 0.228 e. The van der Waals surface area contributed by atoms with Crippen molar-refractivity contribution in [1.29, 1.82) is 0 Å². The predicted octanol–water partition coefficient (Wildman–Crippen LogP) is 3.71. The molecule has 2 nitrogen and oxygen atoms in total. The molecule has 1 unspecified atom stereocenters. The molecule has 100 valence electrons. The molecule has 3 aliphatic carbocycles. The number of rotatable bonds is 2. The first-order chi connectivity index (χ1) is 9.15. The molecule has 1 aromatic rings. The number of benzene rings is 1. The summed E-state index contributed by atoms with van der Waals surface area (Å²) in [5.41, 5.74) is 0.504. The third kappa shape index (κ3) is 1.71. The summed E-state index contributed by atoms with van der Waals surface area (Å²) in [6.07, 6.45) is 3.92. The largest absolute Gasteiger partial charge is 0.326 e. The molecule has 5 atom stereocenters. The Morgan fingerprint density at radius 2 is 1.95 bits per heavy atom. The molecule has 1 amide bonds. The molecule has 0 heterocycles. The molecule has 0 saturated heterocycles. The van der Waals surface area contributed by atoms with Crippen molar-refractivity contribution in [2.45, 2.75) is 19.3 Å². The van der Waals surface area contributed by atoms with Gasteiger partial charge in [0.2, 0.25) is 5.91 Å². The van der Waals surface area contributed by atoms with Gasteiger partial charge in [-0.05, 0) is 61.1 Å². The number of carbonyl (C=O) groups excluding carboxylic acids is 1. The zero-order valence-electron chi connectivity index (χ0n) is 10.4. The fourth-order valence-electron chi connectivity index (χ4n) is 4.48. The van der Waals surface area contributed by atoms with Gasteiger partial charge in [0.05, 0.1) is 5.02 Å². The Labute approximate surface area is 116 Å². The van der Waals surface area contributed by atoms with Crippen LogP contribution in [0.1, 0.15) is 19.3 Å². The van der Waals surface area contributed by atoms with Gasteiger partial charge in [-0.2, -0.15) is 0 Å². The molecule has 0 aromatic heterocycles. The Balaban J connectivity index is 1.47.